The van der Waals surface area contributed by atoms with Gasteiger partial charge in [0.1, 0.15) is 11.6 Å². The van der Waals surface area contributed by atoms with Crippen LogP contribution in [0.2, 0.25) is 5.02 Å². The van der Waals surface area contributed by atoms with Gasteiger partial charge >= 0.3 is 0 Å². The molecule has 0 saturated heterocycles. The van der Waals surface area contributed by atoms with Crippen molar-refractivity contribution in [3.63, 3.8) is 0 Å². The van der Waals surface area contributed by atoms with Crippen LogP contribution in [0.25, 0.3) is 10.8 Å². The molecule has 3 aromatic carbocycles. The third-order valence-corrected chi connectivity index (χ3v) is 7.76. The van der Waals surface area contributed by atoms with E-state index >= 15 is 0 Å². The summed E-state index contributed by atoms with van der Waals surface area (Å²) in [6.45, 7) is 7.00. The average Bonchev–Trinajstić information content (AvgIpc) is 2.86. The number of carbonyl (C=O) groups is 1. The Labute approximate surface area is 224 Å². The minimum Gasteiger partial charge on any atom is -0.495 e. The van der Waals surface area contributed by atoms with Crippen LogP contribution < -0.4 is 15.4 Å². The minimum atomic E-state index is -0.467. The van der Waals surface area contributed by atoms with Crippen molar-refractivity contribution >= 4 is 45.3 Å². The number of nitrogens with one attached hydrogen (secondary N) is 2. The molecule has 2 N–H and O–H groups in total. The maximum Gasteiger partial charge on any atom is 0.248 e. The van der Waals surface area contributed by atoms with Gasteiger partial charge in [-0.15, -0.1) is 0 Å². The van der Waals surface area contributed by atoms with E-state index in [2.05, 4.69) is 31.4 Å². The quantitative estimate of drug-likeness (QED) is 0.304. The van der Waals surface area contributed by atoms with Crippen molar-refractivity contribution in [1.82, 2.24) is 0 Å². The van der Waals surface area contributed by atoms with Gasteiger partial charge in [0.2, 0.25) is 5.91 Å². The molecule has 1 saturated carbocycles. The number of anilines is 3. The van der Waals surface area contributed by atoms with E-state index in [9.17, 15) is 9.18 Å². The zero-order valence-corrected chi connectivity index (χ0v) is 22.8. The molecular weight excluding hydrogens is 487 g/mol. The highest BCUT2D eigenvalue weighted by Crippen LogP contribution is 2.41. The molecule has 0 aliphatic heterocycles. The Morgan fingerprint density at radius 1 is 1.08 bits per heavy atom. The van der Waals surface area contributed by atoms with Crippen LogP contribution in [0, 0.1) is 23.1 Å². The number of hydrogen-bond donors (Lipinski definition) is 2. The summed E-state index contributed by atoms with van der Waals surface area (Å²) in [5.41, 5.74) is 2.43. The van der Waals surface area contributed by atoms with Crippen LogP contribution in [0.5, 0.6) is 5.75 Å². The van der Waals surface area contributed by atoms with E-state index in [-0.39, 0.29) is 10.9 Å². The number of ether oxygens (including phenoxy) is 1. The maximum atomic E-state index is 13.6. The van der Waals surface area contributed by atoms with Gasteiger partial charge in [-0.2, -0.15) is 0 Å². The first kappa shape index (κ1) is 27.0. The van der Waals surface area contributed by atoms with Gasteiger partial charge in [-0.3, -0.25) is 4.79 Å². The number of methoxy groups -OCH3 is 1. The van der Waals surface area contributed by atoms with Crippen LogP contribution >= 0.6 is 11.6 Å². The third-order valence-electron chi connectivity index (χ3n) is 7.47. The number of benzene rings is 3. The Balaban J connectivity index is 1.45. The molecule has 6 heteroatoms. The SMILES string of the molecule is COc1cc2cccc(Nc3ccc(F)c(Cl)c3)c2cc1NC(=O)/C=C/CC1CCC(C(C)(C)C)CC1. The highest BCUT2D eigenvalue weighted by atomic mass is 35.5. The molecule has 0 heterocycles. The lowest BCUT2D eigenvalue weighted by Gasteiger charge is -2.36. The van der Waals surface area contributed by atoms with E-state index in [4.69, 9.17) is 16.3 Å². The highest BCUT2D eigenvalue weighted by molar-refractivity contribution is 6.31. The summed E-state index contributed by atoms with van der Waals surface area (Å²) >= 11 is 5.95. The van der Waals surface area contributed by atoms with Crippen LogP contribution in [0.4, 0.5) is 21.5 Å². The van der Waals surface area contributed by atoms with E-state index in [0.717, 1.165) is 28.8 Å². The van der Waals surface area contributed by atoms with Crippen LogP contribution in [0.3, 0.4) is 0 Å². The van der Waals surface area contributed by atoms with Gasteiger partial charge in [-0.1, -0.05) is 50.6 Å². The Morgan fingerprint density at radius 3 is 2.51 bits per heavy atom. The van der Waals surface area contributed by atoms with Gasteiger partial charge < -0.3 is 15.4 Å². The second-order valence-corrected chi connectivity index (χ2v) is 11.5. The molecule has 1 fully saturated rings. The van der Waals surface area contributed by atoms with Crippen molar-refractivity contribution in [1.29, 1.82) is 0 Å². The molecule has 37 heavy (non-hydrogen) atoms. The van der Waals surface area contributed by atoms with Crippen LogP contribution in [-0.4, -0.2) is 13.0 Å². The highest BCUT2D eigenvalue weighted by Gasteiger charge is 2.29. The number of allylic oxidation sites excluding steroid dienone is 1. The molecule has 1 aliphatic rings. The Bertz CT molecular complexity index is 1290. The predicted octanol–water partition coefficient (Wildman–Crippen LogP) is 9.12. The molecular formula is C31H36ClFN2O2. The molecule has 196 valence electrons. The van der Waals surface area contributed by atoms with Crippen molar-refractivity contribution in [2.75, 3.05) is 17.7 Å². The lowest BCUT2D eigenvalue weighted by Crippen LogP contribution is -2.25. The number of halogens is 2. The van der Waals surface area contributed by atoms with Crippen LogP contribution in [-0.2, 0) is 4.79 Å². The third kappa shape index (κ3) is 6.84. The summed E-state index contributed by atoms with van der Waals surface area (Å²) in [4.78, 5) is 12.8. The standard InChI is InChI=1S/C31H36ClFN2O2/c1-31(2,3)22-13-11-20(12-14-22)7-5-10-30(36)35-28-19-24-21(17-29(28)37-4)8-6-9-27(24)34-23-15-16-26(33)25(32)18-23/h5-6,8-10,15-20,22,34H,7,11-14H2,1-4H3,(H,35,36)/b10-5+. The molecule has 3 aromatic rings. The summed E-state index contributed by atoms with van der Waals surface area (Å²) < 4.78 is 19.1. The molecule has 0 unspecified atom stereocenters. The topological polar surface area (TPSA) is 50.4 Å². The summed E-state index contributed by atoms with van der Waals surface area (Å²) in [6, 6.07) is 14.1. The molecule has 1 amide bonds. The van der Waals surface area contributed by atoms with Crippen molar-refractivity contribution in [2.45, 2.75) is 52.9 Å². The molecule has 0 aromatic heterocycles. The lowest BCUT2D eigenvalue weighted by molar-refractivity contribution is -0.111. The number of hydrogen-bond acceptors (Lipinski definition) is 3. The first-order chi connectivity index (χ1) is 17.6. The zero-order valence-electron chi connectivity index (χ0n) is 22.0. The zero-order chi connectivity index (χ0) is 26.6. The second kappa shape index (κ2) is 11.6. The Morgan fingerprint density at radius 2 is 1.84 bits per heavy atom. The molecule has 0 spiro atoms. The van der Waals surface area contributed by atoms with Gasteiger partial charge in [-0.05, 0) is 97.2 Å². The van der Waals surface area contributed by atoms with Gasteiger partial charge in [0.25, 0.3) is 0 Å². The van der Waals surface area contributed by atoms with Crippen molar-refractivity contribution in [2.24, 2.45) is 17.3 Å². The average molecular weight is 523 g/mol. The van der Waals surface area contributed by atoms with Crippen LogP contribution in [0.1, 0.15) is 52.9 Å². The van der Waals surface area contributed by atoms with Crippen molar-refractivity contribution in [3.8, 4) is 5.75 Å². The van der Waals surface area contributed by atoms with Gasteiger partial charge in [0.05, 0.1) is 17.8 Å². The van der Waals surface area contributed by atoms with E-state index in [1.165, 1.54) is 31.7 Å². The molecule has 1 aliphatic carbocycles. The fourth-order valence-corrected chi connectivity index (χ4v) is 5.40. The smallest absolute Gasteiger partial charge is 0.248 e. The van der Waals surface area contributed by atoms with E-state index in [0.29, 0.717) is 28.5 Å². The number of rotatable bonds is 7. The minimum absolute atomic E-state index is 0.0499. The largest absolute Gasteiger partial charge is 0.495 e. The van der Waals surface area contributed by atoms with E-state index in [1.807, 2.05) is 36.4 Å². The monoisotopic (exact) mass is 522 g/mol. The van der Waals surface area contributed by atoms with Crippen molar-refractivity contribution in [3.05, 3.63) is 71.5 Å². The van der Waals surface area contributed by atoms with Crippen LogP contribution in [0.15, 0.2) is 60.7 Å². The lowest BCUT2D eigenvalue weighted by atomic mass is 9.69. The first-order valence-corrected chi connectivity index (χ1v) is 13.3. The molecule has 0 bridgehead atoms. The Kier molecular flexibility index (Phi) is 8.43. The number of amides is 1. The summed E-state index contributed by atoms with van der Waals surface area (Å²) in [5, 5.41) is 8.15. The summed E-state index contributed by atoms with van der Waals surface area (Å²) in [5.74, 6) is 1.36. The molecule has 4 nitrogen and oxygen atoms in total. The van der Waals surface area contributed by atoms with E-state index < -0.39 is 5.82 Å². The Hall–Kier alpha value is -3.05. The van der Waals surface area contributed by atoms with Gasteiger partial charge in [0, 0.05) is 16.8 Å². The summed E-state index contributed by atoms with van der Waals surface area (Å²) in [6.07, 6.45) is 9.53. The first-order valence-electron chi connectivity index (χ1n) is 12.9. The predicted molar refractivity (Wildman–Crippen MR) is 152 cm³/mol. The summed E-state index contributed by atoms with van der Waals surface area (Å²) in [7, 11) is 1.59. The molecule has 4 rings (SSSR count). The molecule has 0 atom stereocenters. The number of fused-ring (bicyclic) bond motifs is 1. The number of carbonyl (C=O) groups excluding carboxylic acids is 1. The van der Waals surface area contributed by atoms with E-state index in [1.54, 1.807) is 25.3 Å². The normalized spacial score (nSPS) is 18.2. The fraction of sp³-hybridized carbons (Fsp3) is 0.387. The fourth-order valence-electron chi connectivity index (χ4n) is 5.22. The van der Waals surface area contributed by atoms with Gasteiger partial charge in [0.15, 0.2) is 0 Å². The van der Waals surface area contributed by atoms with Crippen molar-refractivity contribution < 1.29 is 13.9 Å². The maximum absolute atomic E-state index is 13.6. The van der Waals surface area contributed by atoms with Gasteiger partial charge in [-0.25, -0.2) is 4.39 Å². The second-order valence-electron chi connectivity index (χ2n) is 11.0. The molecule has 0 radical (unpaired) electrons.